The number of hydrazine groups is 1. The Morgan fingerprint density at radius 3 is 2.22 bits per heavy atom. The van der Waals surface area contributed by atoms with Gasteiger partial charge in [0.05, 0.1) is 19.8 Å². The van der Waals surface area contributed by atoms with Gasteiger partial charge in [-0.25, -0.2) is 0 Å². The number of rotatable bonds is 4. The highest BCUT2D eigenvalue weighted by molar-refractivity contribution is 14.1. The molecule has 0 aliphatic heterocycles. The molecular weight excluding hydrogens is 411 g/mol. The standard InChI is InChI=1S/C16H15IN2O4/c1-22-13-8-7-10(9-14(13)23-2)15(20)18-19-16(21)11-5-3-4-6-12(11)17/h3-9H,1-2H3,(H,18,20)(H,19,21). The van der Waals surface area contributed by atoms with Crippen molar-refractivity contribution in [1.82, 2.24) is 10.9 Å². The lowest BCUT2D eigenvalue weighted by molar-refractivity contribution is 0.0846. The Kier molecular flexibility index (Phi) is 5.80. The molecule has 0 aliphatic rings. The molecule has 2 rings (SSSR count). The Hall–Kier alpha value is -2.29. The van der Waals surface area contributed by atoms with Crippen LogP contribution >= 0.6 is 22.6 Å². The molecule has 2 aromatic carbocycles. The van der Waals surface area contributed by atoms with E-state index in [9.17, 15) is 9.59 Å². The number of ether oxygens (including phenoxy) is 2. The summed E-state index contributed by atoms with van der Waals surface area (Å²) in [5, 5.41) is 0. The van der Waals surface area contributed by atoms with Crippen molar-refractivity contribution in [2.75, 3.05) is 14.2 Å². The van der Waals surface area contributed by atoms with Crippen LogP contribution in [0.15, 0.2) is 42.5 Å². The molecule has 7 heteroatoms. The second-order valence-electron chi connectivity index (χ2n) is 4.46. The molecule has 0 aromatic heterocycles. The van der Waals surface area contributed by atoms with Crippen molar-refractivity contribution in [3.63, 3.8) is 0 Å². The van der Waals surface area contributed by atoms with E-state index in [1.807, 2.05) is 12.1 Å². The summed E-state index contributed by atoms with van der Waals surface area (Å²) in [5.41, 5.74) is 5.59. The number of amides is 2. The molecule has 0 atom stereocenters. The number of halogens is 1. The van der Waals surface area contributed by atoms with Gasteiger partial charge in [0.25, 0.3) is 11.8 Å². The topological polar surface area (TPSA) is 76.7 Å². The third-order valence-corrected chi connectivity index (χ3v) is 3.99. The summed E-state index contributed by atoms with van der Waals surface area (Å²) in [6.45, 7) is 0. The minimum absolute atomic E-state index is 0.339. The van der Waals surface area contributed by atoms with Gasteiger partial charge in [-0.2, -0.15) is 0 Å². The maximum Gasteiger partial charge on any atom is 0.270 e. The van der Waals surface area contributed by atoms with E-state index in [1.54, 1.807) is 24.3 Å². The van der Waals surface area contributed by atoms with Gasteiger partial charge in [0.2, 0.25) is 0 Å². The summed E-state index contributed by atoms with van der Waals surface area (Å²) >= 11 is 2.06. The molecule has 0 heterocycles. The molecule has 0 bridgehead atoms. The van der Waals surface area contributed by atoms with Crippen LogP contribution in [0.1, 0.15) is 20.7 Å². The molecule has 0 fully saturated rings. The maximum absolute atomic E-state index is 12.1. The van der Waals surface area contributed by atoms with Crippen LogP contribution in [0.25, 0.3) is 0 Å². The van der Waals surface area contributed by atoms with Crippen LogP contribution in [0.4, 0.5) is 0 Å². The molecule has 0 saturated heterocycles. The first-order valence-electron chi connectivity index (χ1n) is 6.64. The van der Waals surface area contributed by atoms with Crippen LogP contribution in [0, 0.1) is 3.57 Å². The molecule has 0 aliphatic carbocycles. The molecule has 2 amide bonds. The summed E-state index contributed by atoms with van der Waals surface area (Å²) in [5.74, 6) is 0.116. The Balaban J connectivity index is 2.05. The molecule has 0 spiro atoms. The summed E-state index contributed by atoms with van der Waals surface area (Å²) < 4.78 is 11.1. The maximum atomic E-state index is 12.1. The fraction of sp³-hybridized carbons (Fsp3) is 0.125. The van der Waals surface area contributed by atoms with E-state index in [2.05, 4.69) is 33.4 Å². The van der Waals surface area contributed by atoms with Crippen molar-refractivity contribution < 1.29 is 19.1 Å². The molecule has 6 nitrogen and oxygen atoms in total. The molecule has 120 valence electrons. The van der Waals surface area contributed by atoms with Gasteiger partial charge in [0, 0.05) is 9.13 Å². The second kappa shape index (κ2) is 7.82. The zero-order valence-electron chi connectivity index (χ0n) is 12.6. The molecule has 2 N–H and O–H groups in total. The van der Waals surface area contributed by atoms with Crippen LogP contribution in [0.5, 0.6) is 11.5 Å². The fourth-order valence-corrected chi connectivity index (χ4v) is 2.51. The smallest absolute Gasteiger partial charge is 0.270 e. The number of carbonyl (C=O) groups excluding carboxylic acids is 2. The van der Waals surface area contributed by atoms with Gasteiger partial charge in [0.15, 0.2) is 11.5 Å². The lowest BCUT2D eigenvalue weighted by atomic mass is 10.2. The minimum Gasteiger partial charge on any atom is -0.493 e. The normalized spacial score (nSPS) is 9.87. The summed E-state index contributed by atoms with van der Waals surface area (Å²) in [6, 6.07) is 11.8. The molecule has 0 saturated carbocycles. The van der Waals surface area contributed by atoms with Crippen molar-refractivity contribution in [3.05, 3.63) is 57.2 Å². The van der Waals surface area contributed by atoms with E-state index in [0.717, 1.165) is 3.57 Å². The van der Waals surface area contributed by atoms with Crippen molar-refractivity contribution in [3.8, 4) is 11.5 Å². The number of hydrogen-bond donors (Lipinski definition) is 2. The highest BCUT2D eigenvalue weighted by Gasteiger charge is 2.13. The first-order chi connectivity index (χ1) is 11.1. The number of nitrogens with one attached hydrogen (secondary N) is 2. The zero-order chi connectivity index (χ0) is 16.8. The van der Waals surface area contributed by atoms with Gasteiger partial charge in [0.1, 0.15) is 0 Å². The molecule has 2 aromatic rings. The monoisotopic (exact) mass is 426 g/mol. The van der Waals surface area contributed by atoms with Gasteiger partial charge in [-0.05, 0) is 52.9 Å². The van der Waals surface area contributed by atoms with E-state index < -0.39 is 5.91 Å². The first-order valence-corrected chi connectivity index (χ1v) is 7.72. The SMILES string of the molecule is COc1ccc(C(=O)NNC(=O)c2ccccc2I)cc1OC. The van der Waals surface area contributed by atoms with Crippen molar-refractivity contribution in [1.29, 1.82) is 0 Å². The predicted molar refractivity (Wildman–Crippen MR) is 93.6 cm³/mol. The van der Waals surface area contributed by atoms with Crippen molar-refractivity contribution in [2.45, 2.75) is 0 Å². The molecule has 0 unspecified atom stereocenters. The lowest BCUT2D eigenvalue weighted by Gasteiger charge is -2.11. The third-order valence-electron chi connectivity index (χ3n) is 3.05. The fourth-order valence-electron chi connectivity index (χ4n) is 1.88. The van der Waals surface area contributed by atoms with Crippen LogP contribution in [0.3, 0.4) is 0 Å². The highest BCUT2D eigenvalue weighted by Crippen LogP contribution is 2.27. The lowest BCUT2D eigenvalue weighted by Crippen LogP contribution is -2.41. The summed E-state index contributed by atoms with van der Waals surface area (Å²) in [7, 11) is 3.00. The van der Waals surface area contributed by atoms with E-state index in [4.69, 9.17) is 9.47 Å². The number of hydrogen-bond acceptors (Lipinski definition) is 4. The Labute approximate surface area is 147 Å². The molecule has 0 radical (unpaired) electrons. The quantitative estimate of drug-likeness (QED) is 0.582. The second-order valence-corrected chi connectivity index (χ2v) is 5.62. The third kappa shape index (κ3) is 4.13. The van der Waals surface area contributed by atoms with Crippen molar-refractivity contribution in [2.24, 2.45) is 0 Å². The largest absolute Gasteiger partial charge is 0.493 e. The van der Waals surface area contributed by atoms with E-state index in [0.29, 0.717) is 22.6 Å². The van der Waals surface area contributed by atoms with E-state index >= 15 is 0 Å². The number of benzene rings is 2. The van der Waals surface area contributed by atoms with Crippen LogP contribution in [-0.2, 0) is 0 Å². The first kappa shape index (κ1) is 17.1. The summed E-state index contributed by atoms with van der Waals surface area (Å²) in [4.78, 5) is 24.2. The van der Waals surface area contributed by atoms with Crippen LogP contribution in [-0.4, -0.2) is 26.0 Å². The van der Waals surface area contributed by atoms with E-state index in [-0.39, 0.29) is 5.91 Å². The van der Waals surface area contributed by atoms with Crippen molar-refractivity contribution >= 4 is 34.4 Å². The Bertz CT molecular complexity index is 734. The van der Waals surface area contributed by atoms with Crippen LogP contribution < -0.4 is 20.3 Å². The predicted octanol–water partition coefficient (Wildman–Crippen LogP) is 2.38. The van der Waals surface area contributed by atoms with Gasteiger partial charge in [-0.1, -0.05) is 12.1 Å². The van der Waals surface area contributed by atoms with Gasteiger partial charge >= 0.3 is 0 Å². The highest BCUT2D eigenvalue weighted by atomic mass is 127. The number of carbonyl (C=O) groups is 2. The molecule has 23 heavy (non-hydrogen) atoms. The summed E-state index contributed by atoms with van der Waals surface area (Å²) in [6.07, 6.45) is 0. The van der Waals surface area contributed by atoms with Gasteiger partial charge in [-0.3, -0.25) is 20.4 Å². The average Bonchev–Trinajstić information content (AvgIpc) is 2.59. The van der Waals surface area contributed by atoms with Gasteiger partial charge in [-0.15, -0.1) is 0 Å². The number of methoxy groups -OCH3 is 2. The van der Waals surface area contributed by atoms with Gasteiger partial charge < -0.3 is 9.47 Å². The van der Waals surface area contributed by atoms with Crippen LogP contribution in [0.2, 0.25) is 0 Å². The molecular formula is C16H15IN2O4. The minimum atomic E-state index is -0.453. The Morgan fingerprint density at radius 2 is 1.57 bits per heavy atom. The Morgan fingerprint density at radius 1 is 0.913 bits per heavy atom. The average molecular weight is 426 g/mol. The van der Waals surface area contributed by atoms with E-state index in [1.165, 1.54) is 20.3 Å². The zero-order valence-corrected chi connectivity index (χ0v) is 14.7.